The second-order valence-electron chi connectivity index (χ2n) is 6.65. The molecule has 23 heavy (non-hydrogen) atoms. The summed E-state index contributed by atoms with van der Waals surface area (Å²) >= 11 is 0. The maximum atomic E-state index is 11.6. The van der Waals surface area contributed by atoms with Crippen LogP contribution in [-0.4, -0.2) is 18.5 Å². The molecule has 0 saturated carbocycles. The first kappa shape index (κ1) is 19.1. The van der Waals surface area contributed by atoms with E-state index in [4.69, 9.17) is 0 Å². The predicted molar refractivity (Wildman–Crippen MR) is 101 cm³/mol. The van der Waals surface area contributed by atoms with Crippen LogP contribution >= 0.6 is 0 Å². The molecule has 1 aromatic rings. The average Bonchev–Trinajstić information content (AvgIpc) is 2.49. The lowest BCUT2D eigenvalue weighted by atomic mass is 9.93. The van der Waals surface area contributed by atoms with Crippen LogP contribution in [0.4, 0.5) is 0 Å². The minimum Gasteiger partial charge on any atom is -0.295 e. The third-order valence-electron chi connectivity index (χ3n) is 3.81. The van der Waals surface area contributed by atoms with Crippen LogP contribution in [0.3, 0.4) is 0 Å². The monoisotopic (exact) mass is 311 g/mol. The number of Topliss-reactive ketones (excluding diaryl/α,β-unsaturated/α-hetero) is 1. The molecule has 0 heterocycles. The lowest BCUT2D eigenvalue weighted by Gasteiger charge is -2.13. The highest BCUT2D eigenvalue weighted by molar-refractivity contribution is 6.04. The number of ketones is 1. The number of rotatable bonds is 6. The van der Waals surface area contributed by atoms with Crippen LogP contribution in [0.2, 0.25) is 0 Å². The number of nitrogens with zero attached hydrogens (tertiary/aromatic N) is 1. The van der Waals surface area contributed by atoms with Gasteiger partial charge in [0.15, 0.2) is 5.78 Å². The minimum atomic E-state index is 0.0951. The Hall–Kier alpha value is -1.96. The first-order valence-electron chi connectivity index (χ1n) is 8.19. The Morgan fingerprint density at radius 1 is 1.13 bits per heavy atom. The van der Waals surface area contributed by atoms with E-state index in [1.165, 1.54) is 11.1 Å². The molecule has 0 fully saturated rings. The van der Waals surface area contributed by atoms with Gasteiger partial charge in [-0.1, -0.05) is 37.6 Å². The summed E-state index contributed by atoms with van der Waals surface area (Å²) in [7, 11) is 1.86. The van der Waals surface area contributed by atoms with Crippen LogP contribution < -0.4 is 0 Å². The Morgan fingerprint density at radius 3 is 2.22 bits per heavy atom. The summed E-state index contributed by atoms with van der Waals surface area (Å²) in [5.41, 5.74) is 6.58. The molecule has 0 unspecified atom stereocenters. The van der Waals surface area contributed by atoms with E-state index in [1.54, 1.807) is 6.92 Å². The molecule has 0 spiro atoms. The van der Waals surface area contributed by atoms with Crippen molar-refractivity contribution in [3.05, 3.63) is 52.6 Å². The van der Waals surface area contributed by atoms with Crippen molar-refractivity contribution in [1.29, 1.82) is 0 Å². The molecule has 1 aromatic carbocycles. The second kappa shape index (κ2) is 8.61. The first-order chi connectivity index (χ1) is 10.8. The molecule has 0 aliphatic heterocycles. The quantitative estimate of drug-likeness (QED) is 0.374. The van der Waals surface area contributed by atoms with Crippen molar-refractivity contribution in [2.24, 2.45) is 10.9 Å². The number of hydrogen-bond acceptors (Lipinski definition) is 2. The first-order valence-corrected chi connectivity index (χ1v) is 8.19. The van der Waals surface area contributed by atoms with Gasteiger partial charge in [-0.25, -0.2) is 0 Å². The Bertz CT molecular complexity index is 656. The van der Waals surface area contributed by atoms with Crippen molar-refractivity contribution >= 4 is 17.1 Å². The van der Waals surface area contributed by atoms with Crippen LogP contribution in [0.1, 0.15) is 63.9 Å². The van der Waals surface area contributed by atoms with Gasteiger partial charge in [-0.05, 0) is 68.9 Å². The van der Waals surface area contributed by atoms with Gasteiger partial charge in [0, 0.05) is 18.3 Å². The molecule has 0 radical (unpaired) electrons. The van der Waals surface area contributed by atoms with Gasteiger partial charge < -0.3 is 0 Å². The fourth-order valence-electron chi connectivity index (χ4n) is 2.51. The number of carbonyl (C=O) groups excluding carboxylic acids is 1. The lowest BCUT2D eigenvalue weighted by Crippen LogP contribution is -2.07. The molecule has 0 bridgehead atoms. The summed E-state index contributed by atoms with van der Waals surface area (Å²) in [6.45, 7) is 12.4. The third kappa shape index (κ3) is 5.63. The summed E-state index contributed by atoms with van der Waals surface area (Å²) in [5.74, 6) is 0.663. The minimum absolute atomic E-state index is 0.0951. The highest BCUT2D eigenvalue weighted by atomic mass is 16.1. The van der Waals surface area contributed by atoms with Crippen LogP contribution in [0.25, 0.3) is 5.57 Å². The number of allylic oxidation sites excluding steroid dienone is 4. The average molecular weight is 311 g/mol. The van der Waals surface area contributed by atoms with E-state index in [0.29, 0.717) is 5.92 Å². The van der Waals surface area contributed by atoms with Crippen molar-refractivity contribution in [3.8, 4) is 0 Å². The molecular formula is C21H29NO. The number of carbonyl (C=O) groups is 1. The van der Waals surface area contributed by atoms with Crippen molar-refractivity contribution in [3.63, 3.8) is 0 Å². The summed E-state index contributed by atoms with van der Waals surface area (Å²) in [6.07, 6.45) is 3.16. The molecule has 2 nitrogen and oxygen atoms in total. The van der Waals surface area contributed by atoms with Gasteiger partial charge in [0.05, 0.1) is 0 Å². The SMILES string of the molecule is CN=C(CC(C)C)C(/C=C(\C)c1cccc(C(C)=O)c1)=C(C)C. The standard InChI is InChI=1S/C21H29NO/c1-14(2)11-21(22-7)20(15(3)4)12-16(5)18-9-8-10-19(13-18)17(6)23/h8-10,12-14H,11H2,1-7H3/b16-12+,22-21?. The molecular weight excluding hydrogens is 282 g/mol. The van der Waals surface area contributed by atoms with Gasteiger partial charge in [-0.2, -0.15) is 0 Å². The maximum Gasteiger partial charge on any atom is 0.159 e. The van der Waals surface area contributed by atoms with Crippen LogP contribution in [0.15, 0.2) is 46.5 Å². The smallest absolute Gasteiger partial charge is 0.159 e. The van der Waals surface area contributed by atoms with E-state index in [2.05, 4.69) is 45.7 Å². The van der Waals surface area contributed by atoms with Crippen LogP contribution in [-0.2, 0) is 0 Å². The molecule has 0 aromatic heterocycles. The molecule has 0 atom stereocenters. The maximum absolute atomic E-state index is 11.6. The largest absolute Gasteiger partial charge is 0.295 e. The second-order valence-corrected chi connectivity index (χ2v) is 6.65. The summed E-state index contributed by atoms with van der Waals surface area (Å²) in [6, 6.07) is 7.81. The fourth-order valence-corrected chi connectivity index (χ4v) is 2.51. The summed E-state index contributed by atoms with van der Waals surface area (Å²) in [4.78, 5) is 16.1. The molecule has 0 amide bonds. The Labute approximate surface area is 141 Å². The molecule has 0 aliphatic carbocycles. The van der Waals surface area contributed by atoms with Gasteiger partial charge in [-0.3, -0.25) is 9.79 Å². The zero-order valence-corrected chi connectivity index (χ0v) is 15.5. The zero-order chi connectivity index (χ0) is 17.6. The van der Waals surface area contributed by atoms with Gasteiger partial charge >= 0.3 is 0 Å². The molecule has 0 N–H and O–H groups in total. The molecule has 1 rings (SSSR count). The fraction of sp³-hybridized carbons (Fsp3) is 0.429. The van der Waals surface area contributed by atoms with E-state index in [9.17, 15) is 4.79 Å². The zero-order valence-electron chi connectivity index (χ0n) is 15.5. The number of aliphatic imine (C=N–C) groups is 1. The van der Waals surface area contributed by atoms with Gasteiger partial charge in [0.1, 0.15) is 0 Å². The van der Waals surface area contributed by atoms with E-state index in [1.807, 2.05) is 31.3 Å². The van der Waals surface area contributed by atoms with Gasteiger partial charge in [-0.15, -0.1) is 0 Å². The van der Waals surface area contributed by atoms with Crippen molar-refractivity contribution in [2.75, 3.05) is 7.05 Å². The Morgan fingerprint density at radius 2 is 1.74 bits per heavy atom. The summed E-state index contributed by atoms with van der Waals surface area (Å²) in [5, 5.41) is 0. The van der Waals surface area contributed by atoms with E-state index < -0.39 is 0 Å². The lowest BCUT2D eigenvalue weighted by molar-refractivity contribution is 0.101. The van der Waals surface area contributed by atoms with Crippen LogP contribution in [0.5, 0.6) is 0 Å². The van der Waals surface area contributed by atoms with E-state index in [-0.39, 0.29) is 5.78 Å². The predicted octanol–water partition coefficient (Wildman–Crippen LogP) is 5.75. The van der Waals surface area contributed by atoms with Crippen molar-refractivity contribution in [2.45, 2.75) is 48.0 Å². The van der Waals surface area contributed by atoms with E-state index >= 15 is 0 Å². The van der Waals surface area contributed by atoms with Gasteiger partial charge in [0.25, 0.3) is 0 Å². The third-order valence-corrected chi connectivity index (χ3v) is 3.81. The molecule has 124 valence electrons. The van der Waals surface area contributed by atoms with Crippen LogP contribution in [0, 0.1) is 5.92 Å². The normalized spacial score (nSPS) is 12.5. The highest BCUT2D eigenvalue weighted by Crippen LogP contribution is 2.22. The number of hydrogen-bond donors (Lipinski definition) is 0. The van der Waals surface area contributed by atoms with Crippen molar-refractivity contribution in [1.82, 2.24) is 0 Å². The highest BCUT2D eigenvalue weighted by Gasteiger charge is 2.10. The topological polar surface area (TPSA) is 29.4 Å². The molecule has 0 aliphatic rings. The van der Waals surface area contributed by atoms with E-state index in [0.717, 1.165) is 28.8 Å². The molecule has 2 heteroatoms. The summed E-state index contributed by atoms with van der Waals surface area (Å²) < 4.78 is 0. The molecule has 0 saturated heterocycles. The van der Waals surface area contributed by atoms with Crippen molar-refractivity contribution < 1.29 is 4.79 Å². The van der Waals surface area contributed by atoms with Gasteiger partial charge in [0.2, 0.25) is 0 Å². The Kier molecular flexibility index (Phi) is 7.15. The Balaban J connectivity index is 3.26. The number of benzene rings is 1.